The van der Waals surface area contributed by atoms with E-state index in [4.69, 9.17) is 0 Å². The van der Waals surface area contributed by atoms with Crippen molar-refractivity contribution < 1.29 is 4.79 Å². The molecule has 0 heterocycles. The van der Waals surface area contributed by atoms with Crippen molar-refractivity contribution in [2.24, 2.45) is 11.3 Å². The Morgan fingerprint density at radius 2 is 1.94 bits per heavy atom. The van der Waals surface area contributed by atoms with E-state index in [2.05, 4.69) is 40.7 Å². The van der Waals surface area contributed by atoms with Crippen LogP contribution in [-0.4, -0.2) is 5.78 Å². The van der Waals surface area contributed by atoms with Gasteiger partial charge in [0.05, 0.1) is 0 Å². The zero-order chi connectivity index (χ0) is 13.1. The van der Waals surface area contributed by atoms with E-state index in [0.29, 0.717) is 12.3 Å². The first-order chi connectivity index (χ1) is 7.84. The number of hydrogen-bond donors (Lipinski definition) is 0. The molecule has 0 radical (unpaired) electrons. The fraction of sp³-hybridized carbons (Fsp3) is 0.562. The van der Waals surface area contributed by atoms with Crippen molar-refractivity contribution in [3.8, 4) is 0 Å². The Balaban J connectivity index is 2.76. The van der Waals surface area contributed by atoms with Gasteiger partial charge in [-0.25, -0.2) is 0 Å². The number of hydrogen-bond acceptors (Lipinski definition) is 1. The third kappa shape index (κ3) is 3.99. The molecule has 0 N–H and O–H groups in total. The summed E-state index contributed by atoms with van der Waals surface area (Å²) >= 11 is 0. The molecule has 0 bridgehead atoms. The molecule has 1 rings (SSSR count). The number of carbonyl (C=O) groups is 1. The first kappa shape index (κ1) is 14.0. The van der Waals surface area contributed by atoms with Crippen LogP contribution in [0.5, 0.6) is 0 Å². The molecule has 0 aliphatic heterocycles. The summed E-state index contributed by atoms with van der Waals surface area (Å²) in [5.74, 6) is 0.669. The molecule has 0 saturated carbocycles. The van der Waals surface area contributed by atoms with Gasteiger partial charge in [0, 0.05) is 12.0 Å². The Bertz CT molecular complexity index is 385. The van der Waals surface area contributed by atoms with Gasteiger partial charge in [-0.1, -0.05) is 52.8 Å². The van der Waals surface area contributed by atoms with E-state index in [1.54, 1.807) is 0 Å². The minimum Gasteiger partial charge on any atom is -0.294 e. The van der Waals surface area contributed by atoms with Crippen molar-refractivity contribution in [3.63, 3.8) is 0 Å². The van der Waals surface area contributed by atoms with E-state index in [-0.39, 0.29) is 11.2 Å². The topological polar surface area (TPSA) is 17.1 Å². The van der Waals surface area contributed by atoms with E-state index in [1.165, 1.54) is 5.56 Å². The van der Waals surface area contributed by atoms with Gasteiger partial charge >= 0.3 is 0 Å². The lowest BCUT2D eigenvalue weighted by atomic mass is 9.78. The molecular weight excluding hydrogens is 208 g/mol. The lowest BCUT2D eigenvalue weighted by Gasteiger charge is -2.26. The average molecular weight is 232 g/mol. The van der Waals surface area contributed by atoms with Gasteiger partial charge in [-0.05, 0) is 29.4 Å². The number of carbonyl (C=O) groups excluding carboxylic acids is 1. The largest absolute Gasteiger partial charge is 0.294 e. The van der Waals surface area contributed by atoms with Gasteiger partial charge in [0.1, 0.15) is 0 Å². The highest BCUT2D eigenvalue weighted by molar-refractivity contribution is 5.96. The van der Waals surface area contributed by atoms with E-state index >= 15 is 0 Å². The number of ketones is 1. The monoisotopic (exact) mass is 232 g/mol. The van der Waals surface area contributed by atoms with Gasteiger partial charge in [-0.15, -0.1) is 0 Å². The highest BCUT2D eigenvalue weighted by Gasteiger charge is 2.23. The Kier molecular flexibility index (Phi) is 4.50. The number of aryl methyl sites for hydroxylation is 1. The van der Waals surface area contributed by atoms with Gasteiger partial charge in [0.25, 0.3) is 0 Å². The van der Waals surface area contributed by atoms with Crippen LogP contribution in [-0.2, 0) is 6.42 Å². The SMILES string of the molecule is CCc1cccc(C(=O)CC(C)C(C)(C)C)c1. The van der Waals surface area contributed by atoms with E-state index in [9.17, 15) is 4.79 Å². The van der Waals surface area contributed by atoms with Crippen molar-refractivity contribution in [1.82, 2.24) is 0 Å². The molecule has 0 aliphatic carbocycles. The third-order valence-electron chi connectivity index (χ3n) is 3.63. The van der Waals surface area contributed by atoms with Crippen LogP contribution in [0.3, 0.4) is 0 Å². The van der Waals surface area contributed by atoms with Gasteiger partial charge < -0.3 is 0 Å². The minimum absolute atomic E-state index is 0.192. The van der Waals surface area contributed by atoms with Gasteiger partial charge in [-0.2, -0.15) is 0 Å². The summed E-state index contributed by atoms with van der Waals surface area (Å²) in [6, 6.07) is 8.01. The second-order valence-corrected chi connectivity index (χ2v) is 5.95. The third-order valence-corrected chi connectivity index (χ3v) is 3.63. The van der Waals surface area contributed by atoms with Crippen molar-refractivity contribution in [3.05, 3.63) is 35.4 Å². The number of benzene rings is 1. The van der Waals surface area contributed by atoms with Crippen LogP contribution in [0.25, 0.3) is 0 Å². The summed E-state index contributed by atoms with van der Waals surface area (Å²) in [6.07, 6.45) is 1.62. The van der Waals surface area contributed by atoms with Crippen LogP contribution in [0, 0.1) is 11.3 Å². The summed E-state index contributed by atoms with van der Waals surface area (Å²) in [6.45, 7) is 10.8. The molecule has 0 amide bonds. The first-order valence-corrected chi connectivity index (χ1v) is 6.46. The molecular formula is C16H24O. The lowest BCUT2D eigenvalue weighted by molar-refractivity contribution is 0.0927. The molecule has 1 atom stereocenters. The number of Topliss-reactive ketones (excluding diaryl/α,β-unsaturated/α-hetero) is 1. The summed E-state index contributed by atoms with van der Waals surface area (Å²) in [5.41, 5.74) is 2.29. The molecule has 1 unspecified atom stereocenters. The van der Waals surface area contributed by atoms with Gasteiger partial charge in [0.2, 0.25) is 0 Å². The molecule has 0 aromatic heterocycles. The second-order valence-electron chi connectivity index (χ2n) is 5.95. The maximum atomic E-state index is 12.2. The van der Waals surface area contributed by atoms with E-state index in [1.807, 2.05) is 18.2 Å². The molecule has 0 saturated heterocycles. The molecule has 0 aliphatic rings. The molecule has 17 heavy (non-hydrogen) atoms. The van der Waals surface area contributed by atoms with Crippen molar-refractivity contribution in [2.75, 3.05) is 0 Å². The molecule has 0 fully saturated rings. The first-order valence-electron chi connectivity index (χ1n) is 6.46. The molecule has 0 spiro atoms. The molecule has 94 valence electrons. The minimum atomic E-state index is 0.192. The maximum absolute atomic E-state index is 12.2. The summed E-state index contributed by atoms with van der Waals surface area (Å²) in [7, 11) is 0. The van der Waals surface area contributed by atoms with Gasteiger partial charge in [0.15, 0.2) is 5.78 Å². The predicted octanol–water partition coefficient (Wildman–Crippen LogP) is 4.50. The van der Waals surface area contributed by atoms with Crippen LogP contribution in [0.2, 0.25) is 0 Å². The maximum Gasteiger partial charge on any atom is 0.163 e. The Morgan fingerprint density at radius 3 is 2.47 bits per heavy atom. The molecule has 1 nitrogen and oxygen atoms in total. The fourth-order valence-corrected chi connectivity index (χ4v) is 1.67. The Labute approximate surface area is 105 Å². The summed E-state index contributed by atoms with van der Waals surface area (Å²) in [5, 5.41) is 0. The zero-order valence-electron chi connectivity index (χ0n) is 11.7. The van der Waals surface area contributed by atoms with Crippen molar-refractivity contribution >= 4 is 5.78 Å². The highest BCUT2D eigenvalue weighted by Crippen LogP contribution is 2.29. The molecule has 1 aromatic carbocycles. The van der Waals surface area contributed by atoms with E-state index in [0.717, 1.165) is 12.0 Å². The fourth-order valence-electron chi connectivity index (χ4n) is 1.67. The van der Waals surface area contributed by atoms with E-state index < -0.39 is 0 Å². The average Bonchev–Trinajstić information content (AvgIpc) is 2.27. The van der Waals surface area contributed by atoms with Crippen LogP contribution in [0.4, 0.5) is 0 Å². The Morgan fingerprint density at radius 1 is 1.29 bits per heavy atom. The smallest absolute Gasteiger partial charge is 0.163 e. The molecule has 1 heteroatoms. The summed E-state index contributed by atoms with van der Waals surface area (Å²) in [4.78, 5) is 12.2. The normalized spacial score (nSPS) is 13.5. The van der Waals surface area contributed by atoms with Crippen LogP contribution >= 0.6 is 0 Å². The molecule has 1 aromatic rings. The quantitative estimate of drug-likeness (QED) is 0.698. The van der Waals surface area contributed by atoms with Crippen LogP contribution in [0.1, 0.15) is 57.0 Å². The lowest BCUT2D eigenvalue weighted by Crippen LogP contribution is -2.20. The summed E-state index contributed by atoms with van der Waals surface area (Å²) < 4.78 is 0. The second kappa shape index (κ2) is 5.48. The highest BCUT2D eigenvalue weighted by atomic mass is 16.1. The Hall–Kier alpha value is -1.11. The standard InChI is InChI=1S/C16H24O/c1-6-13-8-7-9-14(11-13)15(17)10-12(2)16(3,4)5/h7-9,11-12H,6,10H2,1-5H3. The predicted molar refractivity (Wildman–Crippen MR) is 73.4 cm³/mol. The van der Waals surface area contributed by atoms with Crippen molar-refractivity contribution in [1.29, 1.82) is 0 Å². The zero-order valence-corrected chi connectivity index (χ0v) is 11.7. The van der Waals surface area contributed by atoms with Crippen molar-refractivity contribution in [2.45, 2.75) is 47.5 Å². The van der Waals surface area contributed by atoms with Gasteiger partial charge in [-0.3, -0.25) is 4.79 Å². The van der Waals surface area contributed by atoms with Crippen LogP contribution < -0.4 is 0 Å². The van der Waals surface area contributed by atoms with Crippen LogP contribution in [0.15, 0.2) is 24.3 Å². The number of rotatable bonds is 4.